The van der Waals surface area contributed by atoms with Crippen LogP contribution in [0.1, 0.15) is 18.4 Å². The number of para-hydroxylation sites is 1. The summed E-state index contributed by atoms with van der Waals surface area (Å²) in [5.74, 6) is -1.83. The van der Waals surface area contributed by atoms with E-state index in [0.717, 1.165) is 30.9 Å². The van der Waals surface area contributed by atoms with Crippen LogP contribution in [-0.4, -0.2) is 30.9 Å². The van der Waals surface area contributed by atoms with Crippen molar-refractivity contribution in [3.8, 4) is 0 Å². The molecule has 0 bridgehead atoms. The zero-order valence-corrected chi connectivity index (χ0v) is 15.0. The minimum atomic E-state index is -4.52. The Hall–Kier alpha value is -3.03. The Bertz CT molecular complexity index is 832. The fraction of sp³-hybridized carbons (Fsp3) is 0.300. The average molecular weight is 391 g/mol. The number of carbonyl (C=O) groups excluding carboxylic acids is 2. The number of anilines is 2. The van der Waals surface area contributed by atoms with E-state index in [2.05, 4.69) is 15.5 Å². The van der Waals surface area contributed by atoms with E-state index in [1.807, 2.05) is 30.3 Å². The van der Waals surface area contributed by atoms with E-state index < -0.39 is 23.6 Å². The second-order valence-corrected chi connectivity index (χ2v) is 6.60. The highest BCUT2D eigenvalue weighted by atomic mass is 19.4. The van der Waals surface area contributed by atoms with Gasteiger partial charge in [0.2, 0.25) is 0 Å². The first-order valence-corrected chi connectivity index (χ1v) is 8.92. The largest absolute Gasteiger partial charge is 0.416 e. The van der Waals surface area contributed by atoms with Crippen molar-refractivity contribution in [3.63, 3.8) is 0 Å². The molecule has 1 heterocycles. The van der Waals surface area contributed by atoms with Crippen LogP contribution in [0.2, 0.25) is 0 Å². The maximum absolute atomic E-state index is 12.7. The maximum Gasteiger partial charge on any atom is 0.416 e. The van der Waals surface area contributed by atoms with E-state index in [-0.39, 0.29) is 11.7 Å². The molecule has 1 aliphatic heterocycles. The normalized spacial score (nSPS) is 15.2. The Morgan fingerprint density at radius 3 is 2.25 bits per heavy atom. The van der Waals surface area contributed by atoms with E-state index in [1.54, 1.807) is 0 Å². The van der Waals surface area contributed by atoms with Crippen LogP contribution in [0.25, 0.3) is 0 Å². The number of carbonyl (C=O) groups is 2. The van der Waals surface area contributed by atoms with Crippen molar-refractivity contribution in [2.75, 3.05) is 23.3 Å². The molecule has 0 aliphatic carbocycles. The smallest absolute Gasteiger partial charge is 0.371 e. The number of piperidine rings is 1. The van der Waals surface area contributed by atoms with Crippen molar-refractivity contribution >= 4 is 23.2 Å². The number of alkyl halides is 3. The van der Waals surface area contributed by atoms with Gasteiger partial charge in [0.25, 0.3) is 0 Å². The third-order valence-electron chi connectivity index (χ3n) is 4.61. The standard InChI is InChI=1S/C20H20F3N3O2/c21-20(22,23)14-5-4-6-16(13-14)25-19(28)18(27)24-15-9-11-26(12-10-15)17-7-2-1-3-8-17/h1-8,13,15H,9-12H2,(H,24,27)(H,25,28). The summed E-state index contributed by atoms with van der Waals surface area (Å²) in [6.45, 7) is 1.48. The molecule has 0 saturated carbocycles. The summed E-state index contributed by atoms with van der Waals surface area (Å²) >= 11 is 0. The SMILES string of the molecule is O=C(Nc1cccc(C(F)(F)F)c1)C(=O)NC1CCN(c2ccccc2)CC1. The third kappa shape index (κ3) is 5.03. The Morgan fingerprint density at radius 2 is 1.61 bits per heavy atom. The van der Waals surface area contributed by atoms with Crippen LogP contribution in [0.4, 0.5) is 24.5 Å². The fourth-order valence-electron chi connectivity index (χ4n) is 3.13. The predicted molar refractivity (Wildman–Crippen MR) is 99.9 cm³/mol. The van der Waals surface area contributed by atoms with Crippen molar-refractivity contribution in [3.05, 3.63) is 60.2 Å². The minimum Gasteiger partial charge on any atom is -0.371 e. The van der Waals surface area contributed by atoms with E-state index in [0.29, 0.717) is 12.8 Å². The lowest BCUT2D eigenvalue weighted by molar-refractivity contribution is -0.137. The average Bonchev–Trinajstić information content (AvgIpc) is 2.69. The van der Waals surface area contributed by atoms with Gasteiger partial charge in [0, 0.05) is 30.5 Å². The maximum atomic E-state index is 12.7. The van der Waals surface area contributed by atoms with Gasteiger partial charge in [-0.2, -0.15) is 13.2 Å². The van der Waals surface area contributed by atoms with Crippen LogP contribution in [0, 0.1) is 0 Å². The number of hydrogen-bond acceptors (Lipinski definition) is 3. The van der Waals surface area contributed by atoms with Gasteiger partial charge in [-0.25, -0.2) is 0 Å². The lowest BCUT2D eigenvalue weighted by Crippen LogP contribution is -2.47. The highest BCUT2D eigenvalue weighted by Crippen LogP contribution is 2.30. The number of amides is 2. The Kier molecular flexibility index (Phi) is 5.87. The molecule has 1 fully saturated rings. The second kappa shape index (κ2) is 8.33. The first kappa shape index (κ1) is 19.7. The second-order valence-electron chi connectivity index (χ2n) is 6.60. The molecule has 148 valence electrons. The first-order chi connectivity index (χ1) is 13.3. The van der Waals surface area contributed by atoms with Crippen LogP contribution in [0.15, 0.2) is 54.6 Å². The van der Waals surface area contributed by atoms with Gasteiger partial charge < -0.3 is 15.5 Å². The summed E-state index contributed by atoms with van der Waals surface area (Å²) in [6, 6.07) is 13.9. The van der Waals surface area contributed by atoms with Gasteiger partial charge in [-0.1, -0.05) is 24.3 Å². The number of hydrogen-bond donors (Lipinski definition) is 2. The number of benzene rings is 2. The topological polar surface area (TPSA) is 61.4 Å². The number of rotatable bonds is 3. The molecule has 0 spiro atoms. The molecule has 2 aromatic rings. The van der Waals surface area contributed by atoms with Gasteiger partial charge in [-0.3, -0.25) is 9.59 Å². The summed E-state index contributed by atoms with van der Waals surface area (Å²) in [5.41, 5.74) is 0.141. The Labute approximate surface area is 160 Å². The van der Waals surface area contributed by atoms with Crippen LogP contribution < -0.4 is 15.5 Å². The zero-order valence-electron chi connectivity index (χ0n) is 15.0. The summed E-state index contributed by atoms with van der Waals surface area (Å²) in [7, 11) is 0. The van der Waals surface area contributed by atoms with E-state index >= 15 is 0 Å². The van der Waals surface area contributed by atoms with Crippen LogP contribution in [0.5, 0.6) is 0 Å². The van der Waals surface area contributed by atoms with Gasteiger partial charge in [-0.05, 0) is 43.2 Å². The summed E-state index contributed by atoms with van der Waals surface area (Å²) in [5, 5.41) is 4.87. The highest BCUT2D eigenvalue weighted by molar-refractivity contribution is 6.39. The van der Waals surface area contributed by atoms with Crippen LogP contribution in [0.3, 0.4) is 0 Å². The highest BCUT2D eigenvalue weighted by Gasteiger charge is 2.31. The van der Waals surface area contributed by atoms with Crippen molar-refractivity contribution in [1.29, 1.82) is 0 Å². The molecule has 8 heteroatoms. The summed E-state index contributed by atoms with van der Waals surface area (Å²) in [6.07, 6.45) is -3.16. The van der Waals surface area contributed by atoms with Crippen LogP contribution >= 0.6 is 0 Å². The molecule has 28 heavy (non-hydrogen) atoms. The summed E-state index contributed by atoms with van der Waals surface area (Å²) < 4.78 is 38.2. The Balaban J connectivity index is 1.51. The molecular formula is C20H20F3N3O2. The van der Waals surface area contributed by atoms with Gasteiger partial charge in [0.15, 0.2) is 0 Å². The third-order valence-corrected chi connectivity index (χ3v) is 4.61. The molecular weight excluding hydrogens is 371 g/mol. The molecule has 5 nitrogen and oxygen atoms in total. The van der Waals surface area contributed by atoms with E-state index in [1.165, 1.54) is 12.1 Å². The van der Waals surface area contributed by atoms with Gasteiger partial charge >= 0.3 is 18.0 Å². The van der Waals surface area contributed by atoms with Gasteiger partial charge in [0.05, 0.1) is 5.56 Å². The molecule has 1 saturated heterocycles. The molecule has 1 aliphatic rings. The molecule has 2 amide bonds. The minimum absolute atomic E-state index is 0.0751. The van der Waals surface area contributed by atoms with Crippen LogP contribution in [-0.2, 0) is 15.8 Å². The molecule has 0 aromatic heterocycles. The monoisotopic (exact) mass is 391 g/mol. The lowest BCUT2D eigenvalue weighted by Gasteiger charge is -2.33. The van der Waals surface area contributed by atoms with Crippen molar-refractivity contribution in [2.24, 2.45) is 0 Å². The van der Waals surface area contributed by atoms with Crippen molar-refractivity contribution in [2.45, 2.75) is 25.1 Å². The molecule has 0 radical (unpaired) electrons. The molecule has 0 atom stereocenters. The zero-order chi connectivity index (χ0) is 20.1. The molecule has 0 unspecified atom stereocenters. The first-order valence-electron chi connectivity index (χ1n) is 8.92. The van der Waals surface area contributed by atoms with E-state index in [4.69, 9.17) is 0 Å². The fourth-order valence-corrected chi connectivity index (χ4v) is 3.13. The number of nitrogens with zero attached hydrogens (tertiary/aromatic N) is 1. The molecule has 2 aromatic carbocycles. The van der Waals surface area contributed by atoms with Gasteiger partial charge in [0.1, 0.15) is 0 Å². The van der Waals surface area contributed by atoms with Gasteiger partial charge in [-0.15, -0.1) is 0 Å². The summed E-state index contributed by atoms with van der Waals surface area (Å²) in [4.78, 5) is 26.3. The molecule has 2 N–H and O–H groups in total. The Morgan fingerprint density at radius 1 is 0.929 bits per heavy atom. The van der Waals surface area contributed by atoms with Crippen molar-refractivity contribution < 1.29 is 22.8 Å². The quantitative estimate of drug-likeness (QED) is 0.788. The van der Waals surface area contributed by atoms with Crippen molar-refractivity contribution in [1.82, 2.24) is 5.32 Å². The molecule has 3 rings (SSSR count). The number of nitrogens with one attached hydrogen (secondary N) is 2. The predicted octanol–water partition coefficient (Wildman–Crippen LogP) is 3.43. The number of halogens is 3. The van der Waals surface area contributed by atoms with E-state index in [9.17, 15) is 22.8 Å². The lowest BCUT2D eigenvalue weighted by atomic mass is 10.0.